The Morgan fingerprint density at radius 1 is 1.30 bits per heavy atom. The summed E-state index contributed by atoms with van der Waals surface area (Å²) >= 11 is 0. The van der Waals surface area contributed by atoms with Crippen LogP contribution in [0.5, 0.6) is 5.75 Å². The van der Waals surface area contributed by atoms with Gasteiger partial charge in [-0.15, -0.1) is 0 Å². The van der Waals surface area contributed by atoms with Gasteiger partial charge in [0.1, 0.15) is 5.75 Å². The van der Waals surface area contributed by atoms with E-state index in [0.717, 1.165) is 24.3 Å². The first-order chi connectivity index (χ1) is 13.0. The summed E-state index contributed by atoms with van der Waals surface area (Å²) < 4.78 is 37.6. The molecule has 2 heterocycles. The molecule has 150 valence electrons. The highest BCUT2D eigenvalue weighted by Gasteiger charge is 2.31. The zero-order valence-electron chi connectivity index (χ0n) is 15.6. The van der Waals surface area contributed by atoms with Crippen molar-refractivity contribution in [2.45, 2.75) is 23.8 Å². The highest BCUT2D eigenvalue weighted by Crippen LogP contribution is 2.19. The van der Waals surface area contributed by atoms with Gasteiger partial charge >= 0.3 is 0 Å². The van der Waals surface area contributed by atoms with Crippen LogP contribution in [-0.4, -0.2) is 77.7 Å². The molecule has 8 nitrogen and oxygen atoms in total. The standard InChI is InChI=1S/C18H27N3O5S/c1-25-15-4-6-17(7-5-15)27(23,24)21-10-8-20(9-11-21)14-18(22)19-13-16-3-2-12-26-16/h4-7,16H,2-3,8-14H2,1H3,(H,19,22)/p+1/t16-/m1/s1. The first-order valence-electron chi connectivity index (χ1n) is 9.35. The number of sulfonamides is 1. The summed E-state index contributed by atoms with van der Waals surface area (Å²) in [4.78, 5) is 13.5. The van der Waals surface area contributed by atoms with E-state index in [1.165, 1.54) is 4.31 Å². The highest BCUT2D eigenvalue weighted by atomic mass is 32.2. The first-order valence-corrected chi connectivity index (χ1v) is 10.8. The van der Waals surface area contributed by atoms with Crippen molar-refractivity contribution in [2.75, 3.05) is 53.0 Å². The zero-order valence-corrected chi connectivity index (χ0v) is 16.5. The topological polar surface area (TPSA) is 89.4 Å². The number of piperazine rings is 1. The van der Waals surface area contributed by atoms with Crippen LogP contribution in [0.1, 0.15) is 12.8 Å². The minimum absolute atomic E-state index is 0.00744. The third kappa shape index (κ3) is 5.19. The number of hydrogen-bond acceptors (Lipinski definition) is 5. The van der Waals surface area contributed by atoms with Gasteiger partial charge in [-0.1, -0.05) is 0 Å². The molecular weight excluding hydrogens is 370 g/mol. The average molecular weight is 399 g/mol. The summed E-state index contributed by atoms with van der Waals surface area (Å²) in [5.74, 6) is 0.615. The van der Waals surface area contributed by atoms with E-state index in [4.69, 9.17) is 9.47 Å². The minimum atomic E-state index is -3.51. The van der Waals surface area contributed by atoms with Crippen molar-refractivity contribution < 1.29 is 27.6 Å². The van der Waals surface area contributed by atoms with Crippen LogP contribution in [0.4, 0.5) is 0 Å². The minimum Gasteiger partial charge on any atom is -0.497 e. The molecule has 2 aliphatic heterocycles. The molecule has 9 heteroatoms. The number of nitrogens with zero attached hydrogens (tertiary/aromatic N) is 1. The number of amides is 1. The van der Waals surface area contributed by atoms with Crippen LogP contribution in [-0.2, 0) is 19.6 Å². The van der Waals surface area contributed by atoms with E-state index in [2.05, 4.69) is 5.32 Å². The molecular formula is C18H28N3O5S+. The van der Waals surface area contributed by atoms with Gasteiger partial charge < -0.3 is 19.7 Å². The first kappa shape index (κ1) is 20.1. The summed E-state index contributed by atoms with van der Waals surface area (Å²) in [5, 5.41) is 2.92. The van der Waals surface area contributed by atoms with Crippen LogP contribution < -0.4 is 15.0 Å². The number of benzene rings is 1. The fraction of sp³-hybridized carbons (Fsp3) is 0.611. The Balaban J connectivity index is 1.46. The molecule has 1 atom stereocenters. The van der Waals surface area contributed by atoms with Crippen LogP contribution in [0, 0.1) is 0 Å². The number of rotatable bonds is 7. The Kier molecular flexibility index (Phi) is 6.69. The fourth-order valence-electron chi connectivity index (χ4n) is 3.44. The number of hydrogen-bond donors (Lipinski definition) is 2. The lowest BCUT2D eigenvalue weighted by Crippen LogP contribution is -3.15. The predicted octanol–water partition coefficient (Wildman–Crippen LogP) is -1.12. The lowest BCUT2D eigenvalue weighted by atomic mass is 10.2. The molecule has 3 rings (SSSR count). The van der Waals surface area contributed by atoms with Gasteiger partial charge in [-0.25, -0.2) is 8.42 Å². The molecule has 1 amide bonds. The van der Waals surface area contributed by atoms with E-state index in [9.17, 15) is 13.2 Å². The molecule has 27 heavy (non-hydrogen) atoms. The summed E-state index contributed by atoms with van der Waals surface area (Å²) in [5.41, 5.74) is 0. The second kappa shape index (κ2) is 9.01. The quantitative estimate of drug-likeness (QED) is 0.607. The molecule has 2 saturated heterocycles. The summed E-state index contributed by atoms with van der Waals surface area (Å²) in [7, 11) is -1.97. The predicted molar refractivity (Wildman–Crippen MR) is 99.3 cm³/mol. The maximum Gasteiger partial charge on any atom is 0.275 e. The van der Waals surface area contributed by atoms with Gasteiger partial charge in [0.05, 0.1) is 44.3 Å². The van der Waals surface area contributed by atoms with Crippen molar-refractivity contribution in [1.82, 2.24) is 9.62 Å². The lowest BCUT2D eigenvalue weighted by Gasteiger charge is -2.31. The van der Waals surface area contributed by atoms with Crippen molar-refractivity contribution in [2.24, 2.45) is 0 Å². The Morgan fingerprint density at radius 2 is 2.00 bits per heavy atom. The van der Waals surface area contributed by atoms with Gasteiger partial charge in [-0.3, -0.25) is 4.79 Å². The van der Waals surface area contributed by atoms with Gasteiger partial charge in [0.15, 0.2) is 6.54 Å². The van der Waals surface area contributed by atoms with Crippen molar-refractivity contribution in [3.8, 4) is 5.75 Å². The average Bonchev–Trinajstić information content (AvgIpc) is 3.20. The Hall–Kier alpha value is -1.68. The summed E-state index contributed by atoms with van der Waals surface area (Å²) in [6.07, 6.45) is 2.18. The van der Waals surface area contributed by atoms with Crippen molar-refractivity contribution in [1.29, 1.82) is 0 Å². The number of carbonyl (C=O) groups is 1. The third-order valence-corrected chi connectivity index (χ3v) is 7.00. The monoisotopic (exact) mass is 398 g/mol. The maximum atomic E-state index is 12.7. The van der Waals surface area contributed by atoms with Gasteiger partial charge in [0, 0.05) is 13.2 Å². The van der Waals surface area contributed by atoms with Gasteiger partial charge in [0.25, 0.3) is 5.91 Å². The molecule has 0 spiro atoms. The molecule has 0 aromatic heterocycles. The Labute approximate surface area is 160 Å². The van der Waals surface area contributed by atoms with E-state index in [-0.39, 0.29) is 16.9 Å². The second-order valence-corrected chi connectivity index (χ2v) is 8.88. The van der Waals surface area contributed by atoms with Gasteiger partial charge in [-0.2, -0.15) is 4.31 Å². The molecule has 2 fully saturated rings. The van der Waals surface area contributed by atoms with E-state index in [0.29, 0.717) is 45.0 Å². The highest BCUT2D eigenvalue weighted by molar-refractivity contribution is 7.89. The maximum absolute atomic E-state index is 12.7. The van der Waals surface area contributed by atoms with Crippen LogP contribution in [0.2, 0.25) is 0 Å². The molecule has 2 aliphatic rings. The largest absolute Gasteiger partial charge is 0.497 e. The van der Waals surface area contributed by atoms with Gasteiger partial charge in [-0.05, 0) is 37.1 Å². The van der Waals surface area contributed by atoms with E-state index >= 15 is 0 Å². The van der Waals surface area contributed by atoms with Crippen LogP contribution >= 0.6 is 0 Å². The van der Waals surface area contributed by atoms with E-state index < -0.39 is 10.0 Å². The number of methoxy groups -OCH3 is 1. The van der Waals surface area contributed by atoms with Crippen molar-refractivity contribution in [3.63, 3.8) is 0 Å². The molecule has 0 aliphatic carbocycles. The molecule has 0 radical (unpaired) electrons. The molecule has 0 unspecified atom stereocenters. The van der Waals surface area contributed by atoms with Crippen molar-refractivity contribution >= 4 is 15.9 Å². The van der Waals surface area contributed by atoms with E-state index in [1.54, 1.807) is 31.4 Å². The van der Waals surface area contributed by atoms with Crippen LogP contribution in [0.15, 0.2) is 29.2 Å². The van der Waals surface area contributed by atoms with Gasteiger partial charge in [0.2, 0.25) is 10.0 Å². The molecule has 0 saturated carbocycles. The normalized spacial score (nSPS) is 21.9. The summed E-state index contributed by atoms with van der Waals surface area (Å²) in [6.45, 7) is 3.74. The zero-order chi connectivity index (χ0) is 19.3. The third-order valence-electron chi connectivity index (χ3n) is 5.09. The molecule has 2 N–H and O–H groups in total. The number of ether oxygens (including phenoxy) is 2. The summed E-state index contributed by atoms with van der Waals surface area (Å²) in [6, 6.07) is 6.41. The number of carbonyl (C=O) groups excluding carboxylic acids is 1. The fourth-order valence-corrected chi connectivity index (χ4v) is 4.88. The molecule has 1 aromatic carbocycles. The number of quaternary nitrogens is 1. The van der Waals surface area contributed by atoms with E-state index in [1.807, 2.05) is 0 Å². The Morgan fingerprint density at radius 3 is 2.59 bits per heavy atom. The van der Waals surface area contributed by atoms with Crippen LogP contribution in [0.3, 0.4) is 0 Å². The smallest absolute Gasteiger partial charge is 0.275 e. The molecule has 0 bridgehead atoms. The number of nitrogens with one attached hydrogen (secondary N) is 2. The Bertz CT molecular complexity index is 724. The molecule has 1 aromatic rings. The van der Waals surface area contributed by atoms with Crippen molar-refractivity contribution in [3.05, 3.63) is 24.3 Å². The van der Waals surface area contributed by atoms with Crippen LogP contribution in [0.25, 0.3) is 0 Å². The SMILES string of the molecule is COc1ccc(S(=O)(=O)N2CC[NH+](CC(=O)NC[C@H]3CCCO3)CC2)cc1. The second-order valence-electron chi connectivity index (χ2n) is 6.95. The lowest BCUT2D eigenvalue weighted by molar-refractivity contribution is -0.895.